The van der Waals surface area contributed by atoms with E-state index < -0.39 is 18.1 Å². The largest absolute Gasteiger partial charge is 0.490 e. The fourth-order valence-electron chi connectivity index (χ4n) is 4.50. The van der Waals surface area contributed by atoms with Crippen LogP contribution in [0, 0.1) is 0 Å². The molecule has 0 spiro atoms. The average Bonchev–Trinajstić information content (AvgIpc) is 3.18. The van der Waals surface area contributed by atoms with Crippen molar-refractivity contribution in [1.29, 1.82) is 0 Å². The number of carbonyl (C=O) groups is 2. The predicted octanol–water partition coefficient (Wildman–Crippen LogP) is 5.02. The molecule has 0 fully saturated rings. The molecule has 2 N–H and O–H groups in total. The van der Waals surface area contributed by atoms with E-state index in [1.54, 1.807) is 18.2 Å². The first-order valence-corrected chi connectivity index (χ1v) is 11.7. The minimum absolute atomic E-state index is 0.0236. The first kappa shape index (κ1) is 24.1. The summed E-state index contributed by atoms with van der Waals surface area (Å²) in [6.45, 7) is 4.66. The highest BCUT2D eigenvalue weighted by Crippen LogP contribution is 2.44. The second kappa shape index (κ2) is 11.0. The molecular formula is C28H29NO6. The molecule has 4 rings (SSSR count). The van der Waals surface area contributed by atoms with Gasteiger partial charge in [-0.05, 0) is 42.2 Å². The lowest BCUT2D eigenvalue weighted by molar-refractivity contribution is -0.139. The van der Waals surface area contributed by atoms with E-state index in [-0.39, 0.29) is 18.9 Å². The van der Waals surface area contributed by atoms with E-state index in [9.17, 15) is 14.7 Å². The van der Waals surface area contributed by atoms with Gasteiger partial charge in [0, 0.05) is 17.9 Å². The number of carboxylic acids is 1. The number of nitrogens with one attached hydrogen (secondary N) is 1. The van der Waals surface area contributed by atoms with Crippen LogP contribution in [-0.2, 0) is 16.0 Å². The number of carbonyl (C=O) groups excluding carboxylic acids is 1. The van der Waals surface area contributed by atoms with Gasteiger partial charge >= 0.3 is 12.1 Å². The molecule has 1 aliphatic carbocycles. The van der Waals surface area contributed by atoms with Crippen molar-refractivity contribution in [3.63, 3.8) is 0 Å². The first-order chi connectivity index (χ1) is 17.0. The quantitative estimate of drug-likeness (QED) is 0.428. The predicted molar refractivity (Wildman–Crippen MR) is 132 cm³/mol. The molecule has 0 bridgehead atoms. The Hall–Kier alpha value is -4.00. The van der Waals surface area contributed by atoms with Crippen molar-refractivity contribution in [3.8, 4) is 22.6 Å². The third-order valence-electron chi connectivity index (χ3n) is 6.01. The molecule has 1 aliphatic rings. The number of benzene rings is 3. The van der Waals surface area contributed by atoms with E-state index in [2.05, 4.69) is 17.4 Å². The fourth-order valence-corrected chi connectivity index (χ4v) is 4.50. The van der Waals surface area contributed by atoms with Crippen LogP contribution in [0.4, 0.5) is 4.79 Å². The first-order valence-electron chi connectivity index (χ1n) is 11.7. The molecule has 0 heterocycles. The molecule has 182 valence electrons. The number of hydrogen-bond donors (Lipinski definition) is 2. The van der Waals surface area contributed by atoms with Gasteiger partial charge in [0.1, 0.15) is 12.6 Å². The topological polar surface area (TPSA) is 94.1 Å². The number of ether oxygens (including phenoxy) is 3. The third kappa shape index (κ3) is 5.24. The van der Waals surface area contributed by atoms with Gasteiger partial charge in [-0.1, -0.05) is 60.7 Å². The smallest absolute Gasteiger partial charge is 0.407 e. The zero-order valence-electron chi connectivity index (χ0n) is 19.8. The number of fused-ring (bicyclic) bond motifs is 3. The van der Waals surface area contributed by atoms with E-state index in [1.807, 2.05) is 50.2 Å². The molecule has 0 radical (unpaired) electrons. The average molecular weight is 476 g/mol. The Morgan fingerprint density at radius 1 is 0.886 bits per heavy atom. The molecule has 1 unspecified atom stereocenters. The molecule has 3 aromatic carbocycles. The Morgan fingerprint density at radius 3 is 2.11 bits per heavy atom. The lowest BCUT2D eigenvalue weighted by atomic mass is 9.98. The SMILES string of the molecule is CCOc1cccc(CC(NC(=O)OCC2c3ccccc3-c3ccccc32)C(=O)O)c1OCC. The van der Waals surface area contributed by atoms with Crippen LogP contribution in [-0.4, -0.2) is 43.0 Å². The summed E-state index contributed by atoms with van der Waals surface area (Å²) in [6.07, 6.45) is -0.756. The molecule has 3 aromatic rings. The highest BCUT2D eigenvalue weighted by molar-refractivity contribution is 5.81. The number of aliphatic carboxylic acids is 1. The number of alkyl carbamates (subject to hydrolysis) is 1. The summed E-state index contributed by atoms with van der Waals surface area (Å²) >= 11 is 0. The van der Waals surface area contributed by atoms with Crippen molar-refractivity contribution in [1.82, 2.24) is 5.32 Å². The lowest BCUT2D eigenvalue weighted by Crippen LogP contribution is -2.43. The van der Waals surface area contributed by atoms with Crippen LogP contribution in [0.2, 0.25) is 0 Å². The van der Waals surface area contributed by atoms with Gasteiger partial charge in [-0.2, -0.15) is 0 Å². The normalized spacial score (nSPS) is 12.9. The maximum atomic E-state index is 12.7. The Labute approximate surface area is 204 Å². The lowest BCUT2D eigenvalue weighted by Gasteiger charge is -2.19. The van der Waals surface area contributed by atoms with Crippen LogP contribution in [0.5, 0.6) is 11.5 Å². The Balaban J connectivity index is 1.46. The van der Waals surface area contributed by atoms with Crippen molar-refractivity contribution in [2.24, 2.45) is 0 Å². The van der Waals surface area contributed by atoms with Crippen LogP contribution in [0.15, 0.2) is 66.7 Å². The van der Waals surface area contributed by atoms with E-state index in [4.69, 9.17) is 14.2 Å². The molecule has 7 nitrogen and oxygen atoms in total. The van der Waals surface area contributed by atoms with Gasteiger partial charge in [0.2, 0.25) is 0 Å². The molecule has 1 atom stereocenters. The Kier molecular flexibility index (Phi) is 7.55. The van der Waals surface area contributed by atoms with Crippen LogP contribution in [0.3, 0.4) is 0 Å². The van der Waals surface area contributed by atoms with E-state index in [0.29, 0.717) is 30.3 Å². The summed E-state index contributed by atoms with van der Waals surface area (Å²) in [4.78, 5) is 24.6. The summed E-state index contributed by atoms with van der Waals surface area (Å²) in [7, 11) is 0. The van der Waals surface area contributed by atoms with Gasteiger partial charge in [0.25, 0.3) is 0 Å². The number of carboxylic acid groups (broad SMARTS) is 1. The maximum absolute atomic E-state index is 12.7. The standard InChI is InChI=1S/C28H29NO6/c1-3-33-25-15-9-10-18(26(25)34-4-2)16-24(27(30)31)29-28(32)35-17-23-21-13-7-5-11-19(21)20-12-6-8-14-22(20)23/h5-15,23-24H,3-4,16-17H2,1-2H3,(H,29,32)(H,30,31). The summed E-state index contributed by atoms with van der Waals surface area (Å²) in [5, 5.41) is 12.3. The van der Waals surface area contributed by atoms with Crippen LogP contribution in [0.25, 0.3) is 11.1 Å². The van der Waals surface area contributed by atoms with Crippen LogP contribution < -0.4 is 14.8 Å². The van der Waals surface area contributed by atoms with Gasteiger partial charge in [0.15, 0.2) is 11.5 Å². The van der Waals surface area contributed by atoms with Crippen LogP contribution in [0.1, 0.15) is 36.5 Å². The Morgan fingerprint density at radius 2 is 1.51 bits per heavy atom. The summed E-state index contributed by atoms with van der Waals surface area (Å²) in [5.41, 5.74) is 5.05. The van der Waals surface area contributed by atoms with Crippen LogP contribution >= 0.6 is 0 Å². The zero-order chi connectivity index (χ0) is 24.8. The summed E-state index contributed by atoms with van der Waals surface area (Å²) < 4.78 is 16.9. The van der Waals surface area contributed by atoms with Crippen molar-refractivity contribution in [3.05, 3.63) is 83.4 Å². The maximum Gasteiger partial charge on any atom is 0.407 e. The number of hydrogen-bond acceptors (Lipinski definition) is 5. The summed E-state index contributed by atoms with van der Waals surface area (Å²) in [5.74, 6) is -0.249. The van der Waals surface area contributed by atoms with Gasteiger partial charge < -0.3 is 24.6 Å². The summed E-state index contributed by atoms with van der Waals surface area (Å²) in [6, 6.07) is 20.2. The van der Waals surface area contributed by atoms with Crippen molar-refractivity contribution in [2.45, 2.75) is 32.2 Å². The van der Waals surface area contributed by atoms with Crippen molar-refractivity contribution < 1.29 is 28.9 Å². The van der Waals surface area contributed by atoms with Gasteiger partial charge in [-0.25, -0.2) is 9.59 Å². The third-order valence-corrected chi connectivity index (χ3v) is 6.01. The molecule has 0 aliphatic heterocycles. The highest BCUT2D eigenvalue weighted by atomic mass is 16.5. The Bertz CT molecular complexity index is 1160. The number of amides is 1. The van der Waals surface area contributed by atoms with E-state index >= 15 is 0 Å². The second-order valence-corrected chi connectivity index (χ2v) is 8.18. The monoisotopic (exact) mass is 475 g/mol. The van der Waals surface area contributed by atoms with Gasteiger partial charge in [-0.15, -0.1) is 0 Å². The number of rotatable bonds is 10. The molecule has 1 amide bonds. The second-order valence-electron chi connectivity index (χ2n) is 8.18. The minimum Gasteiger partial charge on any atom is -0.490 e. The number of para-hydroxylation sites is 1. The van der Waals surface area contributed by atoms with E-state index in [0.717, 1.165) is 22.3 Å². The molecule has 7 heteroatoms. The minimum atomic E-state index is -1.19. The molecule has 35 heavy (non-hydrogen) atoms. The molecule has 0 aromatic heterocycles. The molecular weight excluding hydrogens is 446 g/mol. The molecule has 0 saturated heterocycles. The van der Waals surface area contributed by atoms with Gasteiger partial charge in [-0.3, -0.25) is 0 Å². The van der Waals surface area contributed by atoms with Crippen molar-refractivity contribution in [2.75, 3.05) is 19.8 Å². The highest BCUT2D eigenvalue weighted by Gasteiger charge is 2.30. The fraction of sp³-hybridized carbons (Fsp3) is 0.286. The van der Waals surface area contributed by atoms with E-state index in [1.165, 1.54) is 0 Å². The molecule has 0 saturated carbocycles. The zero-order valence-corrected chi connectivity index (χ0v) is 19.8. The van der Waals surface area contributed by atoms with Crippen molar-refractivity contribution >= 4 is 12.1 Å². The van der Waals surface area contributed by atoms with Gasteiger partial charge in [0.05, 0.1) is 13.2 Å².